The van der Waals surface area contributed by atoms with Crippen LogP contribution in [0.5, 0.6) is 0 Å². The fraction of sp³-hybridized carbons (Fsp3) is 0.875. The molecule has 0 spiro atoms. The van der Waals surface area contributed by atoms with Gasteiger partial charge in [-0.15, -0.1) is 0 Å². The first-order valence-corrected chi connectivity index (χ1v) is 10.5. The monoisotopic (exact) mass is 432 g/mol. The molecule has 27 heavy (non-hydrogen) atoms. The van der Waals surface area contributed by atoms with Crippen molar-refractivity contribution in [3.8, 4) is 0 Å². The van der Waals surface area contributed by atoms with Crippen LogP contribution in [0, 0.1) is 0 Å². The molecule has 0 amide bonds. The lowest BCUT2D eigenvalue weighted by atomic mass is 10.1. The predicted octanol–water partition coefficient (Wildman–Crippen LogP) is 1.59. The van der Waals surface area contributed by atoms with Crippen molar-refractivity contribution in [1.29, 1.82) is 0 Å². The zero-order valence-corrected chi connectivity index (χ0v) is 18.3. The number of hydrogen-bond acceptors (Lipinski definition) is 5. The molecule has 160 valence electrons. The normalized spacial score (nSPS) is 22.7. The van der Waals surface area contributed by atoms with Crippen LogP contribution in [0.25, 0.3) is 0 Å². The third kappa shape index (κ3) is 10.5. The average molecular weight is 433 g/mol. The molecule has 2 rings (SSSR count). The van der Waals surface area contributed by atoms with Crippen LogP contribution < -0.4 is 5.14 Å². The van der Waals surface area contributed by atoms with Crippen molar-refractivity contribution < 1.29 is 31.5 Å². The lowest BCUT2D eigenvalue weighted by Crippen LogP contribution is -2.47. The number of carbonyl (C=O) groups excluding carboxylic acids is 1. The Balaban J connectivity index is 0.000000410. The third-order valence-electron chi connectivity index (χ3n) is 3.09. The van der Waals surface area contributed by atoms with Crippen molar-refractivity contribution in [3.63, 3.8) is 0 Å². The van der Waals surface area contributed by atoms with Gasteiger partial charge in [-0.3, -0.25) is 9.93 Å². The molecular formula is C16H30F2N2O5S2. The zero-order valence-electron chi connectivity index (χ0n) is 16.6. The molecule has 0 saturated carbocycles. The van der Waals surface area contributed by atoms with E-state index in [1.165, 1.54) is 0 Å². The second-order valence-corrected chi connectivity index (χ2v) is 11.9. The number of ether oxygens (including phenoxy) is 2. The van der Waals surface area contributed by atoms with Gasteiger partial charge >= 0.3 is 0 Å². The van der Waals surface area contributed by atoms with Gasteiger partial charge in [0.25, 0.3) is 0 Å². The standard InChI is InChI=1S/C8H14FNO2S.C4H5FO2.C4H11NOS/c1-7(2,3)13(11)10-4-8(9)5-12-6-8;5-4(1-6)2-7-3-4;1-4(2,3)7(5)6/h4H,5-6H2,1-3H3;1H,2-3H2;5H2,1-3H3/t13-;;7-/m0.0/s1. The smallest absolute Gasteiger partial charge is 0.211 e. The van der Waals surface area contributed by atoms with Crippen molar-refractivity contribution in [1.82, 2.24) is 0 Å². The zero-order chi connectivity index (χ0) is 21.5. The van der Waals surface area contributed by atoms with Crippen LogP contribution in [-0.2, 0) is 36.2 Å². The summed E-state index contributed by atoms with van der Waals surface area (Å²) in [5, 5.41) is 5.04. The van der Waals surface area contributed by atoms with Crippen molar-refractivity contribution in [2.24, 2.45) is 9.54 Å². The fourth-order valence-corrected chi connectivity index (χ4v) is 1.64. The van der Waals surface area contributed by atoms with Crippen molar-refractivity contribution >= 4 is 34.5 Å². The number of aldehydes is 1. The minimum absolute atomic E-state index is 0.0256. The molecule has 2 fully saturated rings. The van der Waals surface area contributed by atoms with Gasteiger partial charge in [-0.1, -0.05) is 0 Å². The van der Waals surface area contributed by atoms with Crippen LogP contribution in [0.15, 0.2) is 4.40 Å². The van der Waals surface area contributed by atoms with Crippen LogP contribution >= 0.6 is 0 Å². The average Bonchev–Trinajstić information content (AvgIpc) is 2.47. The molecule has 2 aliphatic heterocycles. The van der Waals surface area contributed by atoms with Crippen LogP contribution in [0.1, 0.15) is 41.5 Å². The highest BCUT2D eigenvalue weighted by molar-refractivity contribution is 7.85. The topological polar surface area (TPSA) is 108 Å². The highest BCUT2D eigenvalue weighted by Crippen LogP contribution is 2.20. The molecular weight excluding hydrogens is 402 g/mol. The number of nitrogens with zero attached hydrogens (tertiary/aromatic N) is 1. The molecule has 11 heteroatoms. The first-order valence-electron chi connectivity index (χ1n) is 8.18. The molecule has 0 aromatic heterocycles. The maximum Gasteiger partial charge on any atom is 0.211 e. The second kappa shape index (κ2) is 10.2. The predicted molar refractivity (Wildman–Crippen MR) is 104 cm³/mol. The lowest BCUT2D eigenvalue weighted by Gasteiger charge is -2.29. The summed E-state index contributed by atoms with van der Waals surface area (Å²) in [5.41, 5.74) is -3.12. The lowest BCUT2D eigenvalue weighted by molar-refractivity contribution is -0.151. The summed E-state index contributed by atoms with van der Waals surface area (Å²) in [6.07, 6.45) is 1.40. The van der Waals surface area contributed by atoms with Gasteiger partial charge in [0.05, 0.1) is 53.1 Å². The van der Waals surface area contributed by atoms with Crippen LogP contribution in [-0.4, -0.2) is 68.2 Å². The minimum atomic E-state index is -1.64. The molecule has 0 bridgehead atoms. The summed E-state index contributed by atoms with van der Waals surface area (Å²) in [7, 11) is -2.56. The number of rotatable bonds is 3. The molecule has 0 aliphatic carbocycles. The largest absolute Gasteiger partial charge is 0.374 e. The van der Waals surface area contributed by atoms with E-state index in [1.807, 2.05) is 20.8 Å². The van der Waals surface area contributed by atoms with Gasteiger partial charge in [-0.25, -0.2) is 17.2 Å². The van der Waals surface area contributed by atoms with E-state index in [-0.39, 0.29) is 37.5 Å². The second-order valence-electron chi connectivity index (χ2n) is 8.18. The molecule has 0 aromatic carbocycles. The fourth-order valence-electron chi connectivity index (χ4n) is 1.04. The van der Waals surface area contributed by atoms with E-state index in [2.05, 4.69) is 9.13 Å². The Morgan fingerprint density at radius 3 is 1.44 bits per heavy atom. The van der Waals surface area contributed by atoms with Crippen molar-refractivity contribution in [3.05, 3.63) is 0 Å². The molecule has 0 aromatic rings. The maximum absolute atomic E-state index is 13.2. The Morgan fingerprint density at radius 1 is 0.926 bits per heavy atom. The van der Waals surface area contributed by atoms with Crippen LogP contribution in [0.2, 0.25) is 0 Å². The molecule has 2 saturated heterocycles. The summed E-state index contributed by atoms with van der Waals surface area (Å²) in [4.78, 5) is 9.65. The highest BCUT2D eigenvalue weighted by Gasteiger charge is 2.38. The molecule has 0 unspecified atom stereocenters. The number of alkyl halides is 2. The van der Waals surface area contributed by atoms with Gasteiger partial charge in [0, 0.05) is 0 Å². The number of hydrogen-bond donors (Lipinski definition) is 1. The van der Waals surface area contributed by atoms with Crippen molar-refractivity contribution in [2.45, 2.75) is 62.4 Å². The summed E-state index contributed by atoms with van der Waals surface area (Å²) in [6.45, 7) is 10.8. The van der Waals surface area contributed by atoms with E-state index < -0.39 is 38.1 Å². The Bertz CT molecular complexity index is 566. The van der Waals surface area contributed by atoms with Gasteiger partial charge in [-0.05, 0) is 41.5 Å². The van der Waals surface area contributed by atoms with E-state index in [0.29, 0.717) is 0 Å². The molecule has 7 nitrogen and oxygen atoms in total. The molecule has 2 heterocycles. The van der Waals surface area contributed by atoms with Gasteiger partial charge in [-0.2, -0.15) is 4.40 Å². The summed E-state index contributed by atoms with van der Waals surface area (Å²) in [6, 6.07) is 0. The van der Waals surface area contributed by atoms with Gasteiger partial charge in [0.2, 0.25) is 5.67 Å². The first kappa shape index (κ1) is 26.4. The summed E-state index contributed by atoms with van der Waals surface area (Å²) >= 11 is 0. The Morgan fingerprint density at radius 2 is 1.30 bits per heavy atom. The van der Waals surface area contributed by atoms with Crippen LogP contribution in [0.4, 0.5) is 8.78 Å². The quantitative estimate of drug-likeness (QED) is 0.538. The van der Waals surface area contributed by atoms with E-state index in [4.69, 9.17) is 9.88 Å². The Labute approximate surface area is 164 Å². The number of carbonyl (C=O) groups is 1. The molecule has 0 radical (unpaired) electrons. The molecule has 2 N–H and O–H groups in total. The minimum Gasteiger partial charge on any atom is -0.374 e. The van der Waals surface area contributed by atoms with E-state index in [9.17, 15) is 22.0 Å². The Kier molecular flexibility index (Phi) is 10.0. The molecule has 2 aliphatic rings. The molecule has 2 atom stereocenters. The first-order chi connectivity index (χ1) is 12.0. The van der Waals surface area contributed by atoms with E-state index in [0.717, 1.165) is 6.21 Å². The van der Waals surface area contributed by atoms with Crippen molar-refractivity contribution in [2.75, 3.05) is 26.4 Å². The number of halogens is 2. The third-order valence-corrected chi connectivity index (χ3v) is 5.64. The van der Waals surface area contributed by atoms with Gasteiger partial charge in [0.1, 0.15) is 11.0 Å². The Hall–Kier alpha value is -0.620. The highest BCUT2D eigenvalue weighted by atomic mass is 32.2. The SMILES string of the molecule is CC(C)(C)[S@@](N)=O.CC(C)(C)[S@](=O)N=CC1(F)COC1.O=CC1(F)COC1. The van der Waals surface area contributed by atoms with E-state index >= 15 is 0 Å². The van der Waals surface area contributed by atoms with Gasteiger partial charge in [0.15, 0.2) is 12.0 Å². The van der Waals surface area contributed by atoms with Crippen LogP contribution in [0.3, 0.4) is 0 Å². The summed E-state index contributed by atoms with van der Waals surface area (Å²) in [5.74, 6) is 0. The van der Waals surface area contributed by atoms with Gasteiger partial charge < -0.3 is 9.47 Å². The number of nitrogens with two attached hydrogens (primary N) is 1. The summed E-state index contributed by atoms with van der Waals surface area (Å²) < 4.78 is 59.2. The van der Waals surface area contributed by atoms with E-state index in [1.54, 1.807) is 20.8 Å². The maximum atomic E-state index is 13.2.